The summed E-state index contributed by atoms with van der Waals surface area (Å²) < 4.78 is 7.09. The minimum atomic E-state index is -0.485. The summed E-state index contributed by atoms with van der Waals surface area (Å²) in [5, 5.41) is 19.0. The van der Waals surface area contributed by atoms with Crippen LogP contribution in [0, 0.1) is 40.4 Å². The van der Waals surface area contributed by atoms with Crippen molar-refractivity contribution in [3.8, 4) is 0 Å². The van der Waals surface area contributed by atoms with Crippen molar-refractivity contribution in [1.82, 2.24) is 15.0 Å². The van der Waals surface area contributed by atoms with Crippen LogP contribution in [0.2, 0.25) is 0 Å². The van der Waals surface area contributed by atoms with Crippen molar-refractivity contribution in [2.45, 2.75) is 97.6 Å². The monoisotopic (exact) mass is 469 g/mol. The number of Topliss-reactive ketones (excluding diaryl/α,β-unsaturated/α-hetero) is 1. The van der Waals surface area contributed by atoms with E-state index in [1.165, 1.54) is 25.7 Å². The first kappa shape index (κ1) is 24.0. The molecule has 34 heavy (non-hydrogen) atoms. The highest BCUT2D eigenvalue weighted by Gasteiger charge is 2.61. The maximum atomic E-state index is 13.5. The number of fused-ring (bicyclic) bond motifs is 5. The lowest BCUT2D eigenvalue weighted by molar-refractivity contribution is -0.151. The van der Waals surface area contributed by atoms with Crippen molar-refractivity contribution in [1.29, 1.82) is 0 Å². The van der Waals surface area contributed by atoms with E-state index in [1.807, 2.05) is 13.8 Å². The zero-order valence-corrected chi connectivity index (χ0v) is 21.6. The standard InChI is InChI=1S/C28H43N3O3/c1-6-34-18(2)24-16-31(30-29-24)17-25(32)23-10-9-21-20-8-7-19-15-26(3,33)13-14-27(19,4)22(20)11-12-28(21,23)5/h16,19-23,33H,2,6-15,17H2,1,3-5H3/t19-,20+,21+,22+,23-,26-,27+,28+/m1/s1. The molecular weight excluding hydrogens is 426 g/mol. The van der Waals surface area contributed by atoms with Crippen LogP contribution in [0.5, 0.6) is 0 Å². The highest BCUT2D eigenvalue weighted by molar-refractivity contribution is 5.82. The Kier molecular flexibility index (Phi) is 5.98. The fraction of sp³-hybridized carbons (Fsp3) is 0.821. The third-order valence-electron chi connectivity index (χ3n) is 10.8. The van der Waals surface area contributed by atoms with Gasteiger partial charge in [-0.3, -0.25) is 4.79 Å². The molecule has 4 saturated carbocycles. The molecule has 0 amide bonds. The van der Waals surface area contributed by atoms with Crippen LogP contribution >= 0.6 is 0 Å². The van der Waals surface area contributed by atoms with E-state index in [1.54, 1.807) is 10.9 Å². The molecular formula is C28H43N3O3. The van der Waals surface area contributed by atoms with Crippen molar-refractivity contribution in [2.75, 3.05) is 6.61 Å². The number of hydrogen-bond acceptors (Lipinski definition) is 5. The minimum Gasteiger partial charge on any atom is -0.492 e. The van der Waals surface area contributed by atoms with Gasteiger partial charge in [-0.05, 0) is 106 Å². The van der Waals surface area contributed by atoms with Gasteiger partial charge in [0, 0.05) is 5.92 Å². The third-order valence-corrected chi connectivity index (χ3v) is 10.8. The first-order valence-corrected chi connectivity index (χ1v) is 13.5. The average molecular weight is 470 g/mol. The Morgan fingerprint density at radius 1 is 1.12 bits per heavy atom. The smallest absolute Gasteiger partial charge is 0.157 e. The van der Waals surface area contributed by atoms with Crippen molar-refractivity contribution in [3.63, 3.8) is 0 Å². The van der Waals surface area contributed by atoms with Crippen LogP contribution in [0.3, 0.4) is 0 Å². The van der Waals surface area contributed by atoms with Crippen molar-refractivity contribution < 1.29 is 14.6 Å². The number of ketones is 1. The Bertz CT molecular complexity index is 954. The summed E-state index contributed by atoms with van der Waals surface area (Å²) in [5.74, 6) is 3.68. The number of rotatable bonds is 6. The molecule has 0 spiro atoms. The summed E-state index contributed by atoms with van der Waals surface area (Å²) in [6, 6.07) is 0. The second-order valence-corrected chi connectivity index (χ2v) is 12.7. The Morgan fingerprint density at radius 2 is 1.88 bits per heavy atom. The van der Waals surface area contributed by atoms with Gasteiger partial charge in [-0.15, -0.1) is 5.10 Å². The molecule has 4 aliphatic rings. The Balaban J connectivity index is 1.29. The SMILES string of the molecule is C=C(OCC)c1cn(CC(=O)[C@H]2CC[C@H]3[C@@H]4CC[C@@H]5C[C@](C)(O)CC[C@]5(C)[C@H]4CC[C@]23C)nn1. The molecule has 188 valence electrons. The molecule has 4 aliphatic carbocycles. The number of carbonyl (C=O) groups excluding carboxylic acids is 1. The molecule has 0 saturated heterocycles. The predicted molar refractivity (Wildman–Crippen MR) is 132 cm³/mol. The fourth-order valence-corrected chi connectivity index (χ4v) is 8.98. The first-order chi connectivity index (χ1) is 16.1. The molecule has 0 radical (unpaired) electrons. The predicted octanol–water partition coefficient (Wildman–Crippen LogP) is 5.26. The van der Waals surface area contributed by atoms with Crippen LogP contribution in [-0.2, 0) is 16.1 Å². The van der Waals surface area contributed by atoms with Crippen LogP contribution in [0.15, 0.2) is 12.8 Å². The minimum absolute atomic E-state index is 0.0972. The molecule has 4 fully saturated rings. The zero-order valence-electron chi connectivity index (χ0n) is 21.6. The van der Waals surface area contributed by atoms with Gasteiger partial charge in [0.05, 0.1) is 18.4 Å². The van der Waals surface area contributed by atoms with Gasteiger partial charge in [0.25, 0.3) is 0 Å². The largest absolute Gasteiger partial charge is 0.492 e. The molecule has 0 aromatic carbocycles. The van der Waals surface area contributed by atoms with Gasteiger partial charge >= 0.3 is 0 Å². The van der Waals surface area contributed by atoms with Gasteiger partial charge in [0.2, 0.25) is 0 Å². The van der Waals surface area contributed by atoms with Gasteiger partial charge in [-0.2, -0.15) is 0 Å². The van der Waals surface area contributed by atoms with E-state index < -0.39 is 5.60 Å². The van der Waals surface area contributed by atoms with E-state index in [2.05, 4.69) is 30.7 Å². The van der Waals surface area contributed by atoms with Crippen LogP contribution in [0.4, 0.5) is 0 Å². The number of aromatic nitrogens is 3. The van der Waals surface area contributed by atoms with E-state index in [-0.39, 0.29) is 17.9 Å². The van der Waals surface area contributed by atoms with Gasteiger partial charge in [-0.25, -0.2) is 4.68 Å². The normalized spacial score (nSPS) is 43.5. The summed E-state index contributed by atoms with van der Waals surface area (Å²) in [6.07, 6.45) is 11.9. The van der Waals surface area contributed by atoms with E-state index in [0.29, 0.717) is 41.1 Å². The Labute approximate surface area is 204 Å². The molecule has 8 atom stereocenters. The summed E-state index contributed by atoms with van der Waals surface area (Å²) in [5.41, 5.74) is 0.567. The molecule has 6 heteroatoms. The second-order valence-electron chi connectivity index (χ2n) is 12.7. The molecule has 0 aliphatic heterocycles. The average Bonchev–Trinajstić information content (AvgIpc) is 3.38. The van der Waals surface area contributed by atoms with E-state index >= 15 is 0 Å². The number of hydrogen-bond donors (Lipinski definition) is 1. The van der Waals surface area contributed by atoms with Gasteiger partial charge < -0.3 is 9.84 Å². The zero-order chi connectivity index (χ0) is 24.3. The highest BCUT2D eigenvalue weighted by atomic mass is 16.5. The van der Waals surface area contributed by atoms with E-state index in [0.717, 1.165) is 43.9 Å². The number of nitrogens with zero attached hydrogens (tertiary/aromatic N) is 3. The highest BCUT2D eigenvalue weighted by Crippen LogP contribution is 2.68. The summed E-state index contributed by atoms with van der Waals surface area (Å²) in [4.78, 5) is 13.5. The summed E-state index contributed by atoms with van der Waals surface area (Å²) >= 11 is 0. The Morgan fingerprint density at radius 3 is 2.65 bits per heavy atom. The maximum Gasteiger partial charge on any atom is 0.157 e. The number of ether oxygens (including phenoxy) is 1. The maximum absolute atomic E-state index is 13.5. The molecule has 5 rings (SSSR count). The van der Waals surface area contributed by atoms with Crippen molar-refractivity contribution in [3.05, 3.63) is 18.5 Å². The molecule has 0 unspecified atom stereocenters. The lowest BCUT2D eigenvalue weighted by Gasteiger charge is -2.61. The molecule has 1 heterocycles. The lowest BCUT2D eigenvalue weighted by Crippen LogP contribution is -2.55. The van der Waals surface area contributed by atoms with Crippen LogP contribution in [0.25, 0.3) is 5.76 Å². The summed E-state index contributed by atoms with van der Waals surface area (Å²) in [6.45, 7) is 13.6. The van der Waals surface area contributed by atoms with E-state index in [9.17, 15) is 9.90 Å². The van der Waals surface area contributed by atoms with Gasteiger partial charge in [0.1, 0.15) is 18.0 Å². The second kappa shape index (κ2) is 8.46. The summed E-state index contributed by atoms with van der Waals surface area (Å²) in [7, 11) is 0. The lowest BCUT2D eigenvalue weighted by atomic mass is 9.44. The molecule has 1 aromatic rings. The molecule has 1 N–H and O–H groups in total. The van der Waals surface area contributed by atoms with Gasteiger partial charge in [0.15, 0.2) is 5.78 Å². The first-order valence-electron chi connectivity index (χ1n) is 13.5. The number of aliphatic hydroxyl groups is 1. The van der Waals surface area contributed by atoms with E-state index in [4.69, 9.17) is 4.74 Å². The topological polar surface area (TPSA) is 77.2 Å². The van der Waals surface area contributed by atoms with Crippen molar-refractivity contribution in [2.24, 2.45) is 40.4 Å². The van der Waals surface area contributed by atoms with Gasteiger partial charge in [-0.1, -0.05) is 25.6 Å². The van der Waals surface area contributed by atoms with Crippen LogP contribution in [-0.4, -0.2) is 38.1 Å². The molecule has 0 bridgehead atoms. The Hall–Kier alpha value is -1.69. The van der Waals surface area contributed by atoms with Crippen LogP contribution in [0.1, 0.15) is 91.2 Å². The quantitative estimate of drug-likeness (QED) is 0.575. The van der Waals surface area contributed by atoms with Crippen molar-refractivity contribution >= 4 is 11.5 Å². The number of carbonyl (C=O) groups is 1. The fourth-order valence-electron chi connectivity index (χ4n) is 8.98. The van der Waals surface area contributed by atoms with Crippen LogP contribution < -0.4 is 0 Å². The molecule has 1 aromatic heterocycles. The third kappa shape index (κ3) is 3.84. The molecule has 6 nitrogen and oxygen atoms in total.